The lowest BCUT2D eigenvalue weighted by atomic mass is 9.91. The zero-order valence-corrected chi connectivity index (χ0v) is 8.65. The zero-order valence-electron chi connectivity index (χ0n) is 7.83. The molecule has 0 radical (unpaired) electrons. The van der Waals surface area contributed by atoms with Gasteiger partial charge in [0.05, 0.1) is 5.75 Å². The Morgan fingerprint density at radius 2 is 1.85 bits per heavy atom. The molecule has 1 rings (SSSR count). The number of rotatable bonds is 3. The predicted molar refractivity (Wildman–Crippen MR) is 54.1 cm³/mol. The van der Waals surface area contributed by atoms with Crippen LogP contribution in [-0.4, -0.2) is 19.9 Å². The van der Waals surface area contributed by atoms with E-state index in [1.807, 2.05) is 0 Å². The van der Waals surface area contributed by atoms with Crippen LogP contribution in [0.25, 0.3) is 0 Å². The van der Waals surface area contributed by atoms with Crippen molar-refractivity contribution < 1.29 is 8.42 Å². The molecule has 0 N–H and O–H groups in total. The minimum Gasteiger partial charge on any atom is -0.228 e. The van der Waals surface area contributed by atoms with Gasteiger partial charge in [0.25, 0.3) is 0 Å². The van der Waals surface area contributed by atoms with E-state index in [4.69, 9.17) is 6.42 Å². The summed E-state index contributed by atoms with van der Waals surface area (Å²) in [4.78, 5) is 0. The first-order valence-electron chi connectivity index (χ1n) is 4.78. The van der Waals surface area contributed by atoms with E-state index in [1.165, 1.54) is 19.3 Å². The van der Waals surface area contributed by atoms with E-state index < -0.39 is 9.84 Å². The summed E-state index contributed by atoms with van der Waals surface area (Å²) in [5.74, 6) is 2.79. The first-order valence-corrected chi connectivity index (χ1v) is 6.60. The highest BCUT2D eigenvalue weighted by Gasteiger charge is 2.20. The first kappa shape index (κ1) is 10.6. The van der Waals surface area contributed by atoms with E-state index in [2.05, 4.69) is 5.92 Å². The fraction of sp³-hybridized carbons (Fsp3) is 0.800. The second-order valence-corrected chi connectivity index (χ2v) is 5.87. The normalized spacial score (nSPS) is 19.6. The molecule has 1 aliphatic carbocycles. The molecule has 0 amide bonds. The first-order chi connectivity index (χ1) is 6.14. The van der Waals surface area contributed by atoms with Gasteiger partial charge in [-0.05, 0) is 18.8 Å². The molecule has 0 aliphatic heterocycles. The molecule has 0 aromatic carbocycles. The smallest absolute Gasteiger partial charge is 0.161 e. The van der Waals surface area contributed by atoms with Crippen molar-refractivity contribution >= 4 is 9.84 Å². The monoisotopic (exact) mass is 200 g/mol. The van der Waals surface area contributed by atoms with Crippen LogP contribution in [0.2, 0.25) is 0 Å². The molecule has 1 aliphatic rings. The summed E-state index contributed by atoms with van der Waals surface area (Å²) in [7, 11) is -2.97. The number of hydrogen-bond donors (Lipinski definition) is 0. The number of sulfone groups is 1. The molecule has 0 unspecified atom stereocenters. The van der Waals surface area contributed by atoms with Crippen LogP contribution in [0, 0.1) is 18.3 Å². The average Bonchev–Trinajstić information content (AvgIpc) is 2.04. The summed E-state index contributed by atoms with van der Waals surface area (Å²) in [5.41, 5.74) is 0. The third-order valence-corrected chi connectivity index (χ3v) is 4.10. The van der Waals surface area contributed by atoms with Gasteiger partial charge < -0.3 is 0 Å². The largest absolute Gasteiger partial charge is 0.228 e. The summed E-state index contributed by atoms with van der Waals surface area (Å²) in [6, 6.07) is 0. The standard InChI is InChI=1S/C10H16O2S/c1-2-8-13(11,12)9-10-6-4-3-5-7-10/h1,10H,3-9H2. The van der Waals surface area contributed by atoms with Gasteiger partial charge in [0.1, 0.15) is 5.75 Å². The van der Waals surface area contributed by atoms with Gasteiger partial charge in [-0.3, -0.25) is 0 Å². The average molecular weight is 200 g/mol. The molecule has 0 bridgehead atoms. The fourth-order valence-electron chi connectivity index (χ4n) is 1.90. The number of hydrogen-bond acceptors (Lipinski definition) is 2. The summed E-state index contributed by atoms with van der Waals surface area (Å²) in [5, 5.41) is 0. The second kappa shape index (κ2) is 4.66. The van der Waals surface area contributed by atoms with Gasteiger partial charge in [-0.1, -0.05) is 25.2 Å². The van der Waals surface area contributed by atoms with Crippen LogP contribution in [0.3, 0.4) is 0 Å². The Morgan fingerprint density at radius 3 is 2.38 bits per heavy atom. The van der Waals surface area contributed by atoms with Gasteiger partial charge in [-0.15, -0.1) is 6.42 Å². The van der Waals surface area contributed by atoms with Crippen LogP contribution in [-0.2, 0) is 9.84 Å². The van der Waals surface area contributed by atoms with Gasteiger partial charge in [0.2, 0.25) is 0 Å². The van der Waals surface area contributed by atoms with Gasteiger partial charge in [0.15, 0.2) is 9.84 Å². The predicted octanol–water partition coefficient (Wildman–Crippen LogP) is 1.61. The van der Waals surface area contributed by atoms with E-state index in [0.29, 0.717) is 11.7 Å². The quantitative estimate of drug-likeness (QED) is 0.649. The minimum absolute atomic E-state index is 0.0938. The molecule has 0 saturated heterocycles. The Balaban J connectivity index is 2.43. The SMILES string of the molecule is C#CCS(=O)(=O)CC1CCCCC1. The Hall–Kier alpha value is -0.490. The van der Waals surface area contributed by atoms with Crippen molar-refractivity contribution in [1.82, 2.24) is 0 Å². The maximum Gasteiger partial charge on any atom is 0.161 e. The minimum atomic E-state index is -2.97. The van der Waals surface area contributed by atoms with Gasteiger partial charge in [0, 0.05) is 0 Å². The molecule has 0 spiro atoms. The molecule has 13 heavy (non-hydrogen) atoms. The Morgan fingerprint density at radius 1 is 1.23 bits per heavy atom. The maximum absolute atomic E-state index is 11.4. The molecular weight excluding hydrogens is 184 g/mol. The molecule has 1 fully saturated rings. The van der Waals surface area contributed by atoms with Crippen LogP contribution in [0.1, 0.15) is 32.1 Å². The third-order valence-electron chi connectivity index (χ3n) is 2.52. The van der Waals surface area contributed by atoms with Gasteiger partial charge in [-0.25, -0.2) is 8.42 Å². The van der Waals surface area contributed by atoms with Crippen LogP contribution in [0.4, 0.5) is 0 Å². The van der Waals surface area contributed by atoms with Crippen molar-refractivity contribution in [2.45, 2.75) is 32.1 Å². The van der Waals surface area contributed by atoms with E-state index in [9.17, 15) is 8.42 Å². The van der Waals surface area contributed by atoms with Crippen molar-refractivity contribution in [3.05, 3.63) is 0 Å². The third kappa shape index (κ3) is 3.82. The van der Waals surface area contributed by atoms with Crippen LogP contribution >= 0.6 is 0 Å². The number of terminal acetylenes is 1. The topological polar surface area (TPSA) is 34.1 Å². The van der Waals surface area contributed by atoms with E-state index in [1.54, 1.807) is 0 Å². The van der Waals surface area contributed by atoms with Crippen LogP contribution in [0.15, 0.2) is 0 Å². The highest BCUT2D eigenvalue weighted by atomic mass is 32.2. The maximum atomic E-state index is 11.4. The Labute approximate surface area is 80.6 Å². The Kier molecular flexibility index (Phi) is 3.80. The van der Waals surface area contributed by atoms with Crippen molar-refractivity contribution in [3.63, 3.8) is 0 Å². The van der Waals surface area contributed by atoms with Gasteiger partial charge >= 0.3 is 0 Å². The molecule has 1 saturated carbocycles. The van der Waals surface area contributed by atoms with Crippen molar-refractivity contribution in [2.24, 2.45) is 5.92 Å². The van der Waals surface area contributed by atoms with E-state index >= 15 is 0 Å². The summed E-state index contributed by atoms with van der Waals surface area (Å²) >= 11 is 0. The zero-order chi connectivity index (χ0) is 9.73. The fourth-order valence-corrected chi connectivity index (χ4v) is 3.32. The van der Waals surface area contributed by atoms with Crippen molar-refractivity contribution in [3.8, 4) is 12.3 Å². The molecule has 0 aromatic heterocycles. The summed E-state index contributed by atoms with van der Waals surface area (Å²) in [6.07, 6.45) is 10.7. The molecule has 2 nitrogen and oxygen atoms in total. The molecule has 74 valence electrons. The van der Waals surface area contributed by atoms with Crippen LogP contribution in [0.5, 0.6) is 0 Å². The molecule has 3 heteroatoms. The van der Waals surface area contributed by atoms with Gasteiger partial charge in [-0.2, -0.15) is 0 Å². The highest BCUT2D eigenvalue weighted by molar-refractivity contribution is 7.91. The molecular formula is C10H16O2S. The van der Waals surface area contributed by atoms with E-state index in [0.717, 1.165) is 12.8 Å². The lowest BCUT2D eigenvalue weighted by Crippen LogP contribution is -2.20. The van der Waals surface area contributed by atoms with E-state index in [-0.39, 0.29) is 5.75 Å². The highest BCUT2D eigenvalue weighted by Crippen LogP contribution is 2.24. The Bertz CT molecular complexity index is 279. The van der Waals surface area contributed by atoms with Crippen molar-refractivity contribution in [2.75, 3.05) is 11.5 Å². The molecule has 0 heterocycles. The van der Waals surface area contributed by atoms with Crippen molar-refractivity contribution in [1.29, 1.82) is 0 Å². The lowest BCUT2D eigenvalue weighted by molar-refractivity contribution is 0.385. The summed E-state index contributed by atoms with van der Waals surface area (Å²) < 4.78 is 22.7. The lowest BCUT2D eigenvalue weighted by Gasteiger charge is -2.20. The molecule has 0 atom stereocenters. The molecule has 0 aromatic rings. The summed E-state index contributed by atoms with van der Waals surface area (Å²) in [6.45, 7) is 0. The second-order valence-electron chi connectivity index (χ2n) is 3.76. The van der Waals surface area contributed by atoms with Crippen LogP contribution < -0.4 is 0 Å².